The van der Waals surface area contributed by atoms with Gasteiger partial charge in [-0.1, -0.05) is 13.8 Å². The molecule has 6 nitrogen and oxygen atoms in total. The molecule has 3 rings (SSSR count). The number of rotatable bonds is 4. The third kappa shape index (κ3) is 2.70. The number of fused-ring (bicyclic) bond motifs is 1. The minimum atomic E-state index is -0.732. The molecule has 3 aliphatic rings. The van der Waals surface area contributed by atoms with Gasteiger partial charge < -0.3 is 9.84 Å². The van der Waals surface area contributed by atoms with Crippen molar-refractivity contribution in [2.75, 3.05) is 20.2 Å². The predicted octanol–water partition coefficient (Wildman–Crippen LogP) is 0.536. The number of nitrogens with zero attached hydrogens (tertiary/aromatic N) is 2. The topological polar surface area (TPSA) is 65.0 Å². The first-order valence-electron chi connectivity index (χ1n) is 8.07. The largest absolute Gasteiger partial charge is 0.480 e. The first-order chi connectivity index (χ1) is 9.99. The van der Waals surface area contributed by atoms with Crippen LogP contribution in [0.4, 0.5) is 0 Å². The second-order valence-electron chi connectivity index (χ2n) is 6.95. The Morgan fingerprint density at radius 3 is 2.62 bits per heavy atom. The fourth-order valence-corrected chi connectivity index (χ4v) is 4.17. The van der Waals surface area contributed by atoms with Crippen LogP contribution in [0.3, 0.4) is 0 Å². The highest BCUT2D eigenvalue weighted by Crippen LogP contribution is 2.35. The number of hydrogen-bond donors (Lipinski definition) is 2. The summed E-state index contributed by atoms with van der Waals surface area (Å²) in [6.45, 7) is 6.23. The van der Waals surface area contributed by atoms with E-state index in [4.69, 9.17) is 4.74 Å². The standard InChI is InChI=1S/C15H27N3O3/c1-9(2)14-17(3)12-5-4-11(15(19)20)16-13(12)18(14)8-10-6-7-21-10/h9-14,16H,4-8H2,1-3H3,(H,19,20)/t10-,11?,12?,13?,14?/m0/s1. The predicted molar refractivity (Wildman–Crippen MR) is 78.8 cm³/mol. The number of piperidine rings is 1. The van der Waals surface area contributed by atoms with E-state index in [0.717, 1.165) is 26.0 Å². The lowest BCUT2D eigenvalue weighted by atomic mass is 9.97. The Kier molecular flexibility index (Phi) is 4.23. The van der Waals surface area contributed by atoms with Gasteiger partial charge in [0.1, 0.15) is 6.04 Å². The van der Waals surface area contributed by atoms with E-state index in [-0.39, 0.29) is 6.17 Å². The van der Waals surface area contributed by atoms with Crippen LogP contribution in [-0.2, 0) is 9.53 Å². The van der Waals surface area contributed by atoms with E-state index in [0.29, 0.717) is 30.7 Å². The first-order valence-corrected chi connectivity index (χ1v) is 8.07. The maximum atomic E-state index is 11.3. The minimum absolute atomic E-state index is 0.126. The Labute approximate surface area is 126 Å². The normalized spacial score (nSPS) is 41.0. The van der Waals surface area contributed by atoms with E-state index in [1.54, 1.807) is 0 Å². The van der Waals surface area contributed by atoms with Gasteiger partial charge in [0.25, 0.3) is 0 Å². The van der Waals surface area contributed by atoms with Crippen molar-refractivity contribution in [1.29, 1.82) is 0 Å². The Balaban J connectivity index is 1.79. The van der Waals surface area contributed by atoms with E-state index < -0.39 is 12.0 Å². The number of likely N-dealkylation sites (N-methyl/N-ethyl adjacent to an activating group) is 1. The fraction of sp³-hybridized carbons (Fsp3) is 0.933. The van der Waals surface area contributed by atoms with Crippen LogP contribution in [0.15, 0.2) is 0 Å². The molecule has 0 aromatic rings. The maximum absolute atomic E-state index is 11.3. The zero-order chi connectivity index (χ0) is 15.1. The molecule has 0 aliphatic carbocycles. The van der Waals surface area contributed by atoms with Gasteiger partial charge in [0.2, 0.25) is 0 Å². The molecule has 0 saturated carbocycles. The summed E-state index contributed by atoms with van der Waals surface area (Å²) in [5, 5.41) is 12.7. The molecule has 2 N–H and O–H groups in total. The van der Waals surface area contributed by atoms with Gasteiger partial charge in [0.15, 0.2) is 0 Å². The molecule has 0 spiro atoms. The van der Waals surface area contributed by atoms with E-state index in [9.17, 15) is 9.90 Å². The van der Waals surface area contributed by atoms with Crippen LogP contribution < -0.4 is 5.32 Å². The van der Waals surface area contributed by atoms with Crippen molar-refractivity contribution < 1.29 is 14.6 Å². The summed E-state index contributed by atoms with van der Waals surface area (Å²) in [6, 6.07) is -0.0246. The molecule has 3 fully saturated rings. The molecule has 3 saturated heterocycles. The fourth-order valence-electron chi connectivity index (χ4n) is 4.17. The second kappa shape index (κ2) is 5.83. The van der Waals surface area contributed by atoms with Crippen LogP contribution in [0.1, 0.15) is 33.1 Å². The zero-order valence-electron chi connectivity index (χ0n) is 13.2. The highest BCUT2D eigenvalue weighted by atomic mass is 16.5. The van der Waals surface area contributed by atoms with Crippen LogP contribution in [0.5, 0.6) is 0 Å². The summed E-state index contributed by atoms with van der Waals surface area (Å²) in [6.07, 6.45) is 3.55. The summed E-state index contributed by atoms with van der Waals surface area (Å²) >= 11 is 0. The summed E-state index contributed by atoms with van der Waals surface area (Å²) < 4.78 is 5.61. The lowest BCUT2D eigenvalue weighted by molar-refractivity contribution is -0.141. The van der Waals surface area contributed by atoms with Crippen molar-refractivity contribution >= 4 is 5.97 Å². The Hall–Kier alpha value is -0.690. The number of carbonyl (C=O) groups is 1. The summed E-state index contributed by atoms with van der Waals surface area (Å²) in [5.74, 6) is -0.227. The van der Waals surface area contributed by atoms with Gasteiger partial charge >= 0.3 is 5.97 Å². The van der Waals surface area contributed by atoms with Crippen molar-refractivity contribution in [2.45, 2.75) is 63.6 Å². The van der Waals surface area contributed by atoms with Crippen molar-refractivity contribution in [3.8, 4) is 0 Å². The molecule has 0 amide bonds. The molecule has 5 atom stereocenters. The first kappa shape index (κ1) is 15.2. The number of nitrogens with one attached hydrogen (secondary N) is 1. The average Bonchev–Trinajstić information content (AvgIpc) is 2.66. The maximum Gasteiger partial charge on any atom is 0.320 e. The molecule has 0 bridgehead atoms. The number of ether oxygens (including phenoxy) is 1. The average molecular weight is 297 g/mol. The molecule has 120 valence electrons. The highest BCUT2D eigenvalue weighted by Gasteiger charge is 2.50. The van der Waals surface area contributed by atoms with E-state index in [1.165, 1.54) is 0 Å². The lowest BCUT2D eigenvalue weighted by Crippen LogP contribution is -2.59. The molecule has 6 heteroatoms. The molecular formula is C15H27N3O3. The molecule has 0 radical (unpaired) electrons. The third-order valence-corrected chi connectivity index (χ3v) is 5.23. The SMILES string of the molecule is CC(C)C1N(C)C2CCC(C(=O)O)NC2N1C[C@@H]1CCO1. The highest BCUT2D eigenvalue weighted by molar-refractivity contribution is 5.73. The van der Waals surface area contributed by atoms with Gasteiger partial charge in [0.05, 0.1) is 18.4 Å². The summed E-state index contributed by atoms with van der Waals surface area (Å²) in [7, 11) is 2.17. The van der Waals surface area contributed by atoms with Crippen LogP contribution in [0, 0.1) is 5.92 Å². The molecule has 0 aromatic heterocycles. The minimum Gasteiger partial charge on any atom is -0.480 e. The summed E-state index contributed by atoms with van der Waals surface area (Å²) in [5.41, 5.74) is 0. The van der Waals surface area contributed by atoms with Crippen molar-refractivity contribution in [3.63, 3.8) is 0 Å². The summed E-state index contributed by atoms with van der Waals surface area (Å²) in [4.78, 5) is 16.2. The Morgan fingerprint density at radius 1 is 1.38 bits per heavy atom. The zero-order valence-corrected chi connectivity index (χ0v) is 13.2. The number of hydrogen-bond acceptors (Lipinski definition) is 5. The van der Waals surface area contributed by atoms with Crippen molar-refractivity contribution in [2.24, 2.45) is 5.92 Å². The number of aliphatic carboxylic acids is 1. The second-order valence-corrected chi connectivity index (χ2v) is 6.95. The van der Waals surface area contributed by atoms with Crippen molar-refractivity contribution in [3.05, 3.63) is 0 Å². The van der Waals surface area contributed by atoms with E-state index in [1.807, 2.05) is 0 Å². The van der Waals surface area contributed by atoms with Gasteiger partial charge in [-0.15, -0.1) is 0 Å². The molecule has 3 heterocycles. The number of carboxylic acids is 1. The van der Waals surface area contributed by atoms with E-state index >= 15 is 0 Å². The quantitative estimate of drug-likeness (QED) is 0.789. The third-order valence-electron chi connectivity index (χ3n) is 5.23. The lowest BCUT2D eigenvalue weighted by Gasteiger charge is -2.40. The van der Waals surface area contributed by atoms with Gasteiger partial charge in [0, 0.05) is 19.2 Å². The van der Waals surface area contributed by atoms with Gasteiger partial charge in [-0.2, -0.15) is 0 Å². The smallest absolute Gasteiger partial charge is 0.320 e. The molecule has 4 unspecified atom stereocenters. The molecule has 3 aliphatic heterocycles. The van der Waals surface area contributed by atoms with Crippen LogP contribution >= 0.6 is 0 Å². The van der Waals surface area contributed by atoms with E-state index in [2.05, 4.69) is 36.0 Å². The molecule has 21 heavy (non-hydrogen) atoms. The Morgan fingerprint density at radius 2 is 2.10 bits per heavy atom. The number of carboxylic acid groups (broad SMARTS) is 1. The van der Waals surface area contributed by atoms with Gasteiger partial charge in [-0.3, -0.25) is 19.9 Å². The molecule has 0 aromatic carbocycles. The molecular weight excluding hydrogens is 270 g/mol. The Bertz CT molecular complexity index is 400. The van der Waals surface area contributed by atoms with Crippen LogP contribution in [0.2, 0.25) is 0 Å². The van der Waals surface area contributed by atoms with Gasteiger partial charge in [-0.25, -0.2) is 0 Å². The van der Waals surface area contributed by atoms with Gasteiger partial charge in [-0.05, 0) is 32.2 Å². The van der Waals surface area contributed by atoms with Crippen molar-refractivity contribution in [1.82, 2.24) is 15.1 Å². The van der Waals surface area contributed by atoms with Crippen LogP contribution in [0.25, 0.3) is 0 Å². The monoisotopic (exact) mass is 297 g/mol. The van der Waals surface area contributed by atoms with Crippen LogP contribution in [-0.4, -0.2) is 71.6 Å².